The molecule has 0 unspecified atom stereocenters. The van der Waals surface area contributed by atoms with E-state index in [4.69, 9.17) is 0 Å². The van der Waals surface area contributed by atoms with Crippen LogP contribution in [0.1, 0.15) is 0 Å². The molecule has 16 heavy (non-hydrogen) atoms. The molecule has 78 valence electrons. The molecule has 1 N–H and O–H groups in total. The zero-order valence-corrected chi connectivity index (χ0v) is 8.18. The summed E-state index contributed by atoms with van der Waals surface area (Å²) in [6, 6.07) is 6.88. The average Bonchev–Trinajstić information content (AvgIpc) is 2.73. The monoisotopic (exact) mass is 214 g/mol. The van der Waals surface area contributed by atoms with Gasteiger partial charge >= 0.3 is 0 Å². The van der Waals surface area contributed by atoms with Crippen molar-refractivity contribution >= 4 is 11.2 Å². The lowest BCUT2D eigenvalue weighted by Crippen LogP contribution is -1.83. The van der Waals surface area contributed by atoms with Crippen LogP contribution < -0.4 is 0 Å². The molecule has 3 aromatic heterocycles. The number of aromatic amines is 1. The molecule has 0 aliphatic heterocycles. The molecular weight excluding hydrogens is 207 g/mol. The predicted octanol–water partition coefficient (Wildman–Crippen LogP) is 2.16. The fourth-order valence-corrected chi connectivity index (χ4v) is 1.50. The molecule has 0 radical (unpaired) electrons. The first kappa shape index (κ1) is 8.96. The lowest BCUT2D eigenvalue weighted by atomic mass is 10.3. The molecular formula is C11H7FN4. The number of fused-ring (bicyclic) bond motifs is 1. The van der Waals surface area contributed by atoms with Crippen molar-refractivity contribution in [1.29, 1.82) is 0 Å². The van der Waals surface area contributed by atoms with Crippen molar-refractivity contribution in [3.8, 4) is 11.5 Å². The Morgan fingerprint density at radius 1 is 1.19 bits per heavy atom. The molecule has 3 aromatic rings. The van der Waals surface area contributed by atoms with Crippen molar-refractivity contribution in [2.24, 2.45) is 0 Å². The largest absolute Gasteiger partial charge is 0.335 e. The molecule has 0 fully saturated rings. The maximum atomic E-state index is 12.9. The number of nitrogens with one attached hydrogen (secondary N) is 1. The van der Waals surface area contributed by atoms with Gasteiger partial charge in [-0.3, -0.25) is 4.98 Å². The second-order valence-electron chi connectivity index (χ2n) is 3.33. The second-order valence-corrected chi connectivity index (χ2v) is 3.33. The topological polar surface area (TPSA) is 54.5 Å². The highest BCUT2D eigenvalue weighted by molar-refractivity contribution is 5.74. The van der Waals surface area contributed by atoms with Gasteiger partial charge in [-0.1, -0.05) is 6.07 Å². The van der Waals surface area contributed by atoms with Crippen molar-refractivity contribution < 1.29 is 4.39 Å². The van der Waals surface area contributed by atoms with Gasteiger partial charge in [0.15, 0.2) is 11.5 Å². The number of aromatic nitrogens is 4. The molecule has 0 atom stereocenters. The molecule has 0 bridgehead atoms. The standard InChI is InChI=1S/C11H7FN4/c12-7-5-9-10(14-6-7)16-11(15-9)8-3-1-2-4-13-8/h1-6H,(H,14,15,16). The van der Waals surface area contributed by atoms with Gasteiger partial charge < -0.3 is 4.98 Å². The van der Waals surface area contributed by atoms with Crippen LogP contribution in [-0.4, -0.2) is 19.9 Å². The predicted molar refractivity (Wildman–Crippen MR) is 57.1 cm³/mol. The summed E-state index contributed by atoms with van der Waals surface area (Å²) >= 11 is 0. The first-order valence-electron chi connectivity index (χ1n) is 4.75. The van der Waals surface area contributed by atoms with Crippen molar-refractivity contribution in [2.45, 2.75) is 0 Å². The van der Waals surface area contributed by atoms with Crippen molar-refractivity contribution in [2.75, 3.05) is 0 Å². The zero-order valence-electron chi connectivity index (χ0n) is 8.18. The van der Waals surface area contributed by atoms with E-state index in [1.54, 1.807) is 6.20 Å². The highest BCUT2D eigenvalue weighted by Crippen LogP contribution is 2.17. The van der Waals surface area contributed by atoms with E-state index in [9.17, 15) is 4.39 Å². The smallest absolute Gasteiger partial charge is 0.178 e. The van der Waals surface area contributed by atoms with Gasteiger partial charge in [-0.2, -0.15) is 0 Å². The Kier molecular flexibility index (Phi) is 1.89. The third kappa shape index (κ3) is 1.42. The number of hydrogen-bond acceptors (Lipinski definition) is 3. The zero-order chi connectivity index (χ0) is 11.0. The maximum absolute atomic E-state index is 12.9. The Bertz CT molecular complexity index is 633. The van der Waals surface area contributed by atoms with Gasteiger partial charge in [0.2, 0.25) is 0 Å². The molecule has 0 amide bonds. The van der Waals surface area contributed by atoms with Crippen LogP contribution in [0.15, 0.2) is 36.7 Å². The van der Waals surface area contributed by atoms with E-state index in [1.807, 2.05) is 18.2 Å². The Morgan fingerprint density at radius 3 is 2.94 bits per heavy atom. The van der Waals surface area contributed by atoms with Crippen LogP contribution in [0.3, 0.4) is 0 Å². The van der Waals surface area contributed by atoms with Gasteiger partial charge in [-0.15, -0.1) is 0 Å². The van der Waals surface area contributed by atoms with E-state index in [1.165, 1.54) is 6.07 Å². The highest BCUT2D eigenvalue weighted by atomic mass is 19.1. The summed E-state index contributed by atoms with van der Waals surface area (Å²) in [4.78, 5) is 15.2. The van der Waals surface area contributed by atoms with E-state index < -0.39 is 0 Å². The van der Waals surface area contributed by atoms with E-state index in [0.29, 0.717) is 22.7 Å². The maximum Gasteiger partial charge on any atom is 0.178 e. The van der Waals surface area contributed by atoms with Crippen molar-refractivity contribution in [3.05, 3.63) is 42.5 Å². The fraction of sp³-hybridized carbons (Fsp3) is 0. The van der Waals surface area contributed by atoms with E-state index in [0.717, 1.165) is 6.20 Å². The van der Waals surface area contributed by atoms with Crippen LogP contribution in [0.5, 0.6) is 0 Å². The first-order valence-corrected chi connectivity index (χ1v) is 4.75. The number of pyridine rings is 2. The normalized spacial score (nSPS) is 10.8. The summed E-state index contributed by atoms with van der Waals surface area (Å²) in [6.45, 7) is 0. The molecule has 0 aromatic carbocycles. The minimum atomic E-state index is -0.385. The third-order valence-electron chi connectivity index (χ3n) is 2.21. The summed E-state index contributed by atoms with van der Waals surface area (Å²) in [6.07, 6.45) is 2.82. The lowest BCUT2D eigenvalue weighted by molar-refractivity contribution is 0.624. The lowest BCUT2D eigenvalue weighted by Gasteiger charge is -1.91. The molecule has 0 aliphatic carbocycles. The van der Waals surface area contributed by atoms with Gasteiger partial charge in [-0.05, 0) is 12.1 Å². The van der Waals surface area contributed by atoms with Crippen molar-refractivity contribution in [3.63, 3.8) is 0 Å². The van der Waals surface area contributed by atoms with E-state index >= 15 is 0 Å². The Morgan fingerprint density at radius 2 is 2.12 bits per heavy atom. The van der Waals surface area contributed by atoms with Crippen LogP contribution >= 0.6 is 0 Å². The van der Waals surface area contributed by atoms with Gasteiger partial charge in [-0.25, -0.2) is 14.4 Å². The minimum absolute atomic E-state index is 0.385. The number of imidazole rings is 1. The van der Waals surface area contributed by atoms with Crippen LogP contribution in [0.4, 0.5) is 4.39 Å². The first-order chi connectivity index (χ1) is 7.83. The van der Waals surface area contributed by atoms with Gasteiger partial charge in [0.1, 0.15) is 11.5 Å². The average molecular weight is 214 g/mol. The Labute approximate surface area is 90.2 Å². The number of halogens is 1. The van der Waals surface area contributed by atoms with Crippen LogP contribution in [-0.2, 0) is 0 Å². The molecule has 0 saturated heterocycles. The molecule has 5 heteroatoms. The summed E-state index contributed by atoms with van der Waals surface area (Å²) in [5, 5.41) is 0. The van der Waals surface area contributed by atoms with Gasteiger partial charge in [0.05, 0.1) is 11.7 Å². The molecule has 0 spiro atoms. The third-order valence-corrected chi connectivity index (χ3v) is 2.21. The fourth-order valence-electron chi connectivity index (χ4n) is 1.50. The SMILES string of the molecule is Fc1cnc2nc(-c3ccccn3)[nH]c2c1. The number of H-pyrrole nitrogens is 1. The summed E-state index contributed by atoms with van der Waals surface area (Å²) < 4.78 is 12.9. The summed E-state index contributed by atoms with van der Waals surface area (Å²) in [5.74, 6) is 0.206. The van der Waals surface area contributed by atoms with Gasteiger partial charge in [0.25, 0.3) is 0 Å². The number of nitrogens with zero attached hydrogens (tertiary/aromatic N) is 3. The summed E-state index contributed by atoms with van der Waals surface area (Å²) in [5.41, 5.74) is 1.77. The molecule has 3 rings (SSSR count). The van der Waals surface area contributed by atoms with Crippen LogP contribution in [0, 0.1) is 5.82 Å². The second kappa shape index (κ2) is 3.37. The molecule has 0 saturated carbocycles. The Balaban J connectivity index is 2.19. The number of rotatable bonds is 1. The Hall–Kier alpha value is -2.30. The molecule has 0 aliphatic rings. The van der Waals surface area contributed by atoms with E-state index in [-0.39, 0.29) is 5.82 Å². The molecule has 3 heterocycles. The van der Waals surface area contributed by atoms with Gasteiger partial charge in [0, 0.05) is 12.3 Å². The van der Waals surface area contributed by atoms with E-state index in [2.05, 4.69) is 19.9 Å². The number of hydrogen-bond donors (Lipinski definition) is 1. The summed E-state index contributed by atoms with van der Waals surface area (Å²) in [7, 11) is 0. The van der Waals surface area contributed by atoms with Crippen LogP contribution in [0.25, 0.3) is 22.7 Å². The van der Waals surface area contributed by atoms with Crippen molar-refractivity contribution in [1.82, 2.24) is 19.9 Å². The quantitative estimate of drug-likeness (QED) is 0.675. The minimum Gasteiger partial charge on any atom is -0.335 e. The van der Waals surface area contributed by atoms with Crippen LogP contribution in [0.2, 0.25) is 0 Å². The molecule has 4 nitrogen and oxygen atoms in total. The highest BCUT2D eigenvalue weighted by Gasteiger charge is 2.07.